The topological polar surface area (TPSA) is 29.3 Å². The molecular formula is C16H22N2S. The zero-order valence-corrected chi connectivity index (χ0v) is 12.7. The normalized spacial score (nSPS) is 12.9. The predicted molar refractivity (Wildman–Crippen MR) is 83.3 cm³/mol. The summed E-state index contributed by atoms with van der Waals surface area (Å²) in [5.74, 6) is 0. The third kappa shape index (κ3) is 3.44. The van der Waals surface area contributed by atoms with E-state index >= 15 is 0 Å². The first-order valence-electron chi connectivity index (χ1n) is 6.64. The van der Waals surface area contributed by atoms with E-state index in [0.29, 0.717) is 12.6 Å². The van der Waals surface area contributed by atoms with Gasteiger partial charge in [0.05, 0.1) is 0 Å². The van der Waals surface area contributed by atoms with Crippen LogP contribution in [0.3, 0.4) is 0 Å². The summed E-state index contributed by atoms with van der Waals surface area (Å²) in [5.41, 5.74) is 9.58. The van der Waals surface area contributed by atoms with Crippen LogP contribution in [0.1, 0.15) is 34.5 Å². The van der Waals surface area contributed by atoms with Crippen molar-refractivity contribution in [3.05, 3.63) is 57.3 Å². The van der Waals surface area contributed by atoms with Crippen molar-refractivity contribution in [3.63, 3.8) is 0 Å². The summed E-state index contributed by atoms with van der Waals surface area (Å²) in [7, 11) is 2.18. The Morgan fingerprint density at radius 3 is 2.68 bits per heavy atom. The molecule has 0 bridgehead atoms. The third-order valence-corrected chi connectivity index (χ3v) is 4.72. The second-order valence-electron chi connectivity index (χ2n) is 5.07. The Kier molecular flexibility index (Phi) is 4.75. The van der Waals surface area contributed by atoms with Gasteiger partial charge in [-0.1, -0.05) is 24.3 Å². The van der Waals surface area contributed by atoms with E-state index in [1.165, 1.54) is 21.6 Å². The van der Waals surface area contributed by atoms with Gasteiger partial charge in [0, 0.05) is 24.0 Å². The summed E-state index contributed by atoms with van der Waals surface area (Å²) in [6.45, 7) is 6.01. The number of hydrogen-bond acceptors (Lipinski definition) is 3. The molecule has 0 amide bonds. The first-order valence-corrected chi connectivity index (χ1v) is 7.52. The van der Waals surface area contributed by atoms with Gasteiger partial charge in [0.2, 0.25) is 0 Å². The Labute approximate surface area is 119 Å². The molecule has 102 valence electrons. The van der Waals surface area contributed by atoms with Crippen molar-refractivity contribution in [1.29, 1.82) is 0 Å². The summed E-state index contributed by atoms with van der Waals surface area (Å²) >= 11 is 1.82. The third-order valence-electron chi connectivity index (χ3n) is 3.68. The van der Waals surface area contributed by atoms with E-state index in [9.17, 15) is 0 Å². The van der Waals surface area contributed by atoms with Gasteiger partial charge in [-0.05, 0) is 49.0 Å². The summed E-state index contributed by atoms with van der Waals surface area (Å²) in [6.07, 6.45) is 0. The molecule has 19 heavy (non-hydrogen) atoms. The molecule has 1 heterocycles. The van der Waals surface area contributed by atoms with Crippen molar-refractivity contribution in [2.24, 2.45) is 5.73 Å². The maximum absolute atomic E-state index is 5.67. The lowest BCUT2D eigenvalue weighted by Gasteiger charge is -2.24. The first kappa shape index (κ1) is 14.3. The van der Waals surface area contributed by atoms with Gasteiger partial charge in [0.1, 0.15) is 0 Å². The minimum absolute atomic E-state index is 0.452. The van der Waals surface area contributed by atoms with Crippen molar-refractivity contribution in [2.45, 2.75) is 33.0 Å². The molecule has 3 heteroatoms. The van der Waals surface area contributed by atoms with Crippen LogP contribution in [0.2, 0.25) is 0 Å². The van der Waals surface area contributed by atoms with E-state index in [2.05, 4.69) is 61.5 Å². The van der Waals surface area contributed by atoms with Crippen molar-refractivity contribution in [2.75, 3.05) is 7.05 Å². The maximum Gasteiger partial charge on any atom is 0.0413 e. The van der Waals surface area contributed by atoms with Crippen LogP contribution in [0.5, 0.6) is 0 Å². The van der Waals surface area contributed by atoms with Crippen molar-refractivity contribution in [3.8, 4) is 0 Å². The number of benzene rings is 1. The van der Waals surface area contributed by atoms with Crippen molar-refractivity contribution < 1.29 is 0 Å². The van der Waals surface area contributed by atoms with Gasteiger partial charge in [-0.2, -0.15) is 0 Å². The second-order valence-corrected chi connectivity index (χ2v) is 6.05. The molecule has 0 aliphatic rings. The number of nitrogens with zero attached hydrogens (tertiary/aromatic N) is 1. The lowest BCUT2D eigenvalue weighted by molar-refractivity contribution is 0.256. The molecule has 1 atom stereocenters. The van der Waals surface area contributed by atoms with Gasteiger partial charge in [-0.3, -0.25) is 4.90 Å². The average Bonchev–Trinajstić information content (AvgIpc) is 2.94. The average molecular weight is 274 g/mol. The molecule has 2 aromatic rings. The standard InChI is InChI=1S/C16H22N2S/c1-12-9-14(10-17)6-7-15(12)11-18(3)13(2)16-5-4-8-19-16/h4-9,13H,10-11,17H2,1-3H3. The van der Waals surface area contributed by atoms with Crippen LogP contribution >= 0.6 is 11.3 Å². The fourth-order valence-electron chi connectivity index (χ4n) is 2.21. The van der Waals surface area contributed by atoms with E-state index in [-0.39, 0.29) is 0 Å². The Balaban J connectivity index is 2.08. The highest BCUT2D eigenvalue weighted by Gasteiger charge is 2.13. The molecule has 1 unspecified atom stereocenters. The molecule has 0 spiro atoms. The van der Waals surface area contributed by atoms with Gasteiger partial charge < -0.3 is 5.73 Å². The zero-order valence-electron chi connectivity index (χ0n) is 11.9. The van der Waals surface area contributed by atoms with Gasteiger partial charge in [0.25, 0.3) is 0 Å². The van der Waals surface area contributed by atoms with Crippen LogP contribution in [0.15, 0.2) is 35.7 Å². The largest absolute Gasteiger partial charge is 0.326 e. The highest BCUT2D eigenvalue weighted by molar-refractivity contribution is 7.10. The smallest absolute Gasteiger partial charge is 0.0413 e. The summed E-state index contributed by atoms with van der Waals surface area (Å²) in [6, 6.07) is 11.3. The fraction of sp³-hybridized carbons (Fsp3) is 0.375. The molecule has 1 aromatic heterocycles. The van der Waals surface area contributed by atoms with Gasteiger partial charge >= 0.3 is 0 Å². The molecule has 0 fully saturated rings. The Bertz CT molecular complexity index is 520. The van der Waals surface area contributed by atoms with Crippen LogP contribution < -0.4 is 5.73 Å². The first-order chi connectivity index (χ1) is 9.11. The molecule has 2 N–H and O–H groups in total. The molecule has 0 saturated carbocycles. The van der Waals surface area contributed by atoms with E-state index in [4.69, 9.17) is 5.73 Å². The predicted octanol–water partition coefficient (Wildman–Crippen LogP) is 3.71. The van der Waals surface area contributed by atoms with E-state index in [1.54, 1.807) is 0 Å². The van der Waals surface area contributed by atoms with Crippen molar-refractivity contribution in [1.82, 2.24) is 4.90 Å². The number of thiophene rings is 1. The molecule has 0 saturated heterocycles. The number of aryl methyl sites for hydroxylation is 1. The van der Waals surface area contributed by atoms with Gasteiger partial charge in [-0.15, -0.1) is 11.3 Å². The van der Waals surface area contributed by atoms with E-state index < -0.39 is 0 Å². The van der Waals surface area contributed by atoms with Crippen LogP contribution in [-0.4, -0.2) is 11.9 Å². The molecule has 2 rings (SSSR count). The quantitative estimate of drug-likeness (QED) is 0.900. The summed E-state index contributed by atoms with van der Waals surface area (Å²) in [4.78, 5) is 3.80. The minimum atomic E-state index is 0.452. The highest BCUT2D eigenvalue weighted by atomic mass is 32.1. The van der Waals surface area contributed by atoms with Crippen LogP contribution in [0, 0.1) is 6.92 Å². The fourth-order valence-corrected chi connectivity index (χ4v) is 3.06. The molecule has 0 aliphatic heterocycles. The number of nitrogens with two attached hydrogens (primary N) is 1. The summed E-state index contributed by atoms with van der Waals surface area (Å²) < 4.78 is 0. The van der Waals surface area contributed by atoms with E-state index in [1.807, 2.05) is 11.3 Å². The molecule has 0 radical (unpaired) electrons. The molecular weight excluding hydrogens is 252 g/mol. The zero-order chi connectivity index (χ0) is 13.8. The Hall–Kier alpha value is -1.16. The Morgan fingerprint density at radius 2 is 2.11 bits per heavy atom. The lowest BCUT2D eigenvalue weighted by Crippen LogP contribution is -2.21. The molecule has 1 aromatic carbocycles. The Morgan fingerprint density at radius 1 is 1.32 bits per heavy atom. The molecule has 0 aliphatic carbocycles. The highest BCUT2D eigenvalue weighted by Crippen LogP contribution is 2.25. The SMILES string of the molecule is Cc1cc(CN)ccc1CN(C)C(C)c1cccs1. The minimum Gasteiger partial charge on any atom is -0.326 e. The van der Waals surface area contributed by atoms with Gasteiger partial charge in [-0.25, -0.2) is 0 Å². The van der Waals surface area contributed by atoms with Crippen LogP contribution in [0.25, 0.3) is 0 Å². The monoisotopic (exact) mass is 274 g/mol. The van der Waals surface area contributed by atoms with Gasteiger partial charge in [0.15, 0.2) is 0 Å². The number of rotatable bonds is 5. The van der Waals surface area contributed by atoms with Crippen LogP contribution in [-0.2, 0) is 13.1 Å². The second kappa shape index (κ2) is 6.33. The lowest BCUT2D eigenvalue weighted by atomic mass is 10.0. The van der Waals surface area contributed by atoms with Crippen LogP contribution in [0.4, 0.5) is 0 Å². The number of hydrogen-bond donors (Lipinski definition) is 1. The maximum atomic E-state index is 5.67. The molecule has 2 nitrogen and oxygen atoms in total. The van der Waals surface area contributed by atoms with E-state index in [0.717, 1.165) is 6.54 Å². The summed E-state index contributed by atoms with van der Waals surface area (Å²) in [5, 5.41) is 2.14. The van der Waals surface area contributed by atoms with Crippen molar-refractivity contribution >= 4 is 11.3 Å².